The summed E-state index contributed by atoms with van der Waals surface area (Å²) in [5.74, 6) is 0. The van der Waals surface area contributed by atoms with E-state index < -0.39 is 0 Å². The Kier molecular flexibility index (Phi) is 22.7. The lowest BCUT2D eigenvalue weighted by Gasteiger charge is -2.30. The molecule has 0 aliphatic heterocycles. The lowest BCUT2D eigenvalue weighted by atomic mass is 9.80. The van der Waals surface area contributed by atoms with Crippen molar-refractivity contribution in [3.63, 3.8) is 0 Å². The Labute approximate surface area is 135 Å². The van der Waals surface area contributed by atoms with E-state index >= 15 is 0 Å². The normalized spacial score (nSPS) is 12.9. The van der Waals surface area contributed by atoms with Crippen LogP contribution < -0.4 is 5.73 Å². The summed E-state index contributed by atoms with van der Waals surface area (Å²) in [7, 11) is 0. The fraction of sp³-hybridized carbons (Fsp3) is 0.600. The molecule has 0 spiro atoms. The minimum Gasteiger partial charge on any atom is -0.322 e. The Bertz CT molecular complexity index is 264. The predicted octanol–water partition coefficient (Wildman–Crippen LogP) is 6.68. The van der Waals surface area contributed by atoms with Crippen LogP contribution in [0.2, 0.25) is 0 Å². The number of hydrogen-bond donors (Lipinski definition) is 1. The van der Waals surface area contributed by atoms with Gasteiger partial charge >= 0.3 is 0 Å². The molecule has 0 aliphatic carbocycles. The molecule has 0 aromatic heterocycles. The van der Waals surface area contributed by atoms with E-state index in [9.17, 15) is 0 Å². The van der Waals surface area contributed by atoms with Crippen molar-refractivity contribution in [3.8, 4) is 0 Å². The molecule has 0 heterocycles. The van der Waals surface area contributed by atoms with Crippen LogP contribution in [-0.2, 0) is 0 Å². The lowest BCUT2D eigenvalue weighted by Crippen LogP contribution is -2.38. The lowest BCUT2D eigenvalue weighted by molar-refractivity contribution is 0.326. The Morgan fingerprint density at radius 3 is 1.52 bits per heavy atom. The summed E-state index contributed by atoms with van der Waals surface area (Å²) in [4.78, 5) is 0. The molecule has 1 atom stereocenters. The van der Waals surface area contributed by atoms with E-state index in [4.69, 9.17) is 5.73 Å². The van der Waals surface area contributed by atoms with Gasteiger partial charge in [0.1, 0.15) is 0 Å². The molecule has 1 heteroatoms. The molecule has 2 N–H and O–H groups in total. The first-order valence-electron chi connectivity index (χ1n) is 7.97. The van der Waals surface area contributed by atoms with Crippen LogP contribution in [0.15, 0.2) is 50.1 Å². The van der Waals surface area contributed by atoms with Gasteiger partial charge in [0.2, 0.25) is 0 Å². The number of rotatable bonds is 5. The van der Waals surface area contributed by atoms with Crippen LogP contribution in [0, 0.1) is 5.41 Å². The van der Waals surface area contributed by atoms with Crippen molar-refractivity contribution in [2.45, 2.75) is 73.8 Å². The van der Waals surface area contributed by atoms with E-state index in [1.54, 1.807) is 6.08 Å². The van der Waals surface area contributed by atoms with Crippen LogP contribution in [0.25, 0.3) is 0 Å². The molecule has 0 saturated heterocycles. The summed E-state index contributed by atoms with van der Waals surface area (Å²) in [5, 5.41) is 0. The zero-order valence-corrected chi connectivity index (χ0v) is 16.1. The second-order valence-corrected chi connectivity index (χ2v) is 5.54. The van der Waals surface area contributed by atoms with Crippen molar-refractivity contribution in [1.29, 1.82) is 0 Å². The molecule has 1 nitrogen and oxygen atoms in total. The Morgan fingerprint density at radius 2 is 1.29 bits per heavy atom. The van der Waals surface area contributed by atoms with Crippen molar-refractivity contribution in [1.82, 2.24) is 0 Å². The third kappa shape index (κ3) is 18.9. The van der Waals surface area contributed by atoms with E-state index in [1.807, 2.05) is 39.8 Å². The summed E-state index contributed by atoms with van der Waals surface area (Å²) in [6.45, 7) is 30.2. The Hall–Kier alpha value is -1.08. The Morgan fingerprint density at radius 1 is 0.905 bits per heavy atom. The smallest absolute Gasteiger partial charge is 0.0381 e. The van der Waals surface area contributed by atoms with E-state index in [0.717, 1.165) is 18.4 Å². The van der Waals surface area contributed by atoms with Crippen molar-refractivity contribution in [3.05, 3.63) is 50.1 Å². The highest BCUT2D eigenvalue weighted by atomic mass is 14.7. The molecule has 0 aromatic carbocycles. The average molecular weight is 296 g/mol. The van der Waals surface area contributed by atoms with Crippen LogP contribution in [0.5, 0.6) is 0 Å². The van der Waals surface area contributed by atoms with Gasteiger partial charge < -0.3 is 5.73 Å². The first-order valence-corrected chi connectivity index (χ1v) is 7.97. The van der Waals surface area contributed by atoms with Gasteiger partial charge in [-0.1, -0.05) is 79.9 Å². The fourth-order valence-corrected chi connectivity index (χ4v) is 1.40. The molecule has 0 aromatic rings. The summed E-state index contributed by atoms with van der Waals surface area (Å²) in [6, 6.07) is 0. The highest BCUT2D eigenvalue weighted by Gasteiger charge is 2.24. The van der Waals surface area contributed by atoms with Crippen molar-refractivity contribution in [2.75, 3.05) is 0 Å². The zero-order chi connectivity index (χ0) is 18.1. The molecule has 0 amide bonds. The number of nitrogens with two attached hydrogens (primary N) is 1. The minimum absolute atomic E-state index is 0.302. The molecular weight excluding hydrogens is 254 g/mol. The van der Waals surface area contributed by atoms with E-state index in [-0.39, 0.29) is 5.54 Å². The van der Waals surface area contributed by atoms with Gasteiger partial charge in [-0.2, -0.15) is 0 Å². The summed E-state index contributed by atoms with van der Waals surface area (Å²) in [5.41, 5.74) is 7.35. The highest BCUT2D eigenvalue weighted by Crippen LogP contribution is 2.28. The minimum atomic E-state index is -0.302. The first kappa shape index (κ1) is 28.1. The van der Waals surface area contributed by atoms with E-state index in [1.165, 1.54) is 0 Å². The maximum Gasteiger partial charge on any atom is 0.0381 e. The maximum atomic E-state index is 6.28. The van der Waals surface area contributed by atoms with Crippen molar-refractivity contribution >= 4 is 0 Å². The van der Waals surface area contributed by atoms with Crippen LogP contribution in [-0.4, -0.2) is 5.54 Å². The molecule has 0 bridgehead atoms. The topological polar surface area (TPSA) is 26.0 Å². The first-order chi connectivity index (χ1) is 9.73. The highest BCUT2D eigenvalue weighted by molar-refractivity contribution is 5.31. The van der Waals surface area contributed by atoms with Gasteiger partial charge in [0.05, 0.1) is 0 Å². The van der Waals surface area contributed by atoms with Gasteiger partial charge in [-0.05, 0) is 30.8 Å². The van der Waals surface area contributed by atoms with Gasteiger partial charge in [0, 0.05) is 5.54 Å². The molecule has 126 valence electrons. The molecule has 0 saturated carbocycles. The summed E-state index contributed by atoms with van der Waals surface area (Å²) in [6.07, 6.45) is 7.59. The largest absolute Gasteiger partial charge is 0.322 e. The second kappa shape index (κ2) is 17.0. The fourth-order valence-electron chi connectivity index (χ4n) is 1.40. The number of hydrogen-bond acceptors (Lipinski definition) is 1. The molecular formula is C20H41N. The van der Waals surface area contributed by atoms with Gasteiger partial charge in [-0.15, -0.1) is 13.2 Å². The van der Waals surface area contributed by atoms with Gasteiger partial charge in [-0.3, -0.25) is 0 Å². The molecule has 0 rings (SSSR count). The van der Waals surface area contributed by atoms with E-state index in [0.29, 0.717) is 5.41 Å². The maximum absolute atomic E-state index is 6.28. The third-order valence-electron chi connectivity index (χ3n) is 2.57. The molecule has 1 unspecified atom stereocenters. The van der Waals surface area contributed by atoms with E-state index in [2.05, 4.69) is 54.0 Å². The summed E-state index contributed by atoms with van der Waals surface area (Å²) >= 11 is 0. The third-order valence-corrected chi connectivity index (χ3v) is 2.57. The summed E-state index contributed by atoms with van der Waals surface area (Å²) < 4.78 is 0. The molecule has 0 aliphatic rings. The number of allylic oxidation sites excluding steroid dienone is 2. The van der Waals surface area contributed by atoms with Crippen molar-refractivity contribution in [2.24, 2.45) is 11.1 Å². The van der Waals surface area contributed by atoms with Gasteiger partial charge in [0.25, 0.3) is 0 Å². The average Bonchev–Trinajstić information content (AvgIpc) is 2.48. The molecule has 0 radical (unpaired) electrons. The van der Waals surface area contributed by atoms with Crippen LogP contribution in [0.1, 0.15) is 68.2 Å². The Balaban J connectivity index is -0.000000212. The van der Waals surface area contributed by atoms with Gasteiger partial charge in [-0.25, -0.2) is 0 Å². The second-order valence-electron chi connectivity index (χ2n) is 5.54. The zero-order valence-electron chi connectivity index (χ0n) is 16.1. The predicted molar refractivity (Wildman–Crippen MR) is 104 cm³/mol. The standard InChI is InChI=1S/C14H25N.2C2H6.C2H4/c1-7-9-12(8-2)14(6,15)11-10-13(3,4)5;3*1-2/h7-9H,1-2,10-11,15H2,3-6H3;2*1-2H3;1-2H2/b12-9+;;;. The van der Waals surface area contributed by atoms with Crippen molar-refractivity contribution < 1.29 is 0 Å². The quantitative estimate of drug-likeness (QED) is 0.444. The molecule has 0 fully saturated rings. The van der Waals surface area contributed by atoms with Crippen LogP contribution >= 0.6 is 0 Å². The van der Waals surface area contributed by atoms with Gasteiger partial charge in [0.15, 0.2) is 0 Å². The molecule has 21 heavy (non-hydrogen) atoms. The monoisotopic (exact) mass is 295 g/mol. The SMILES string of the molecule is C=C.C=C/C=C(\C=C)C(C)(N)CCC(C)(C)C.CC.CC. The van der Waals surface area contributed by atoms with Crippen LogP contribution in [0.4, 0.5) is 0 Å². The van der Waals surface area contributed by atoms with Crippen LogP contribution in [0.3, 0.4) is 0 Å².